The summed E-state index contributed by atoms with van der Waals surface area (Å²) in [5.41, 5.74) is 7.82. The van der Waals surface area contributed by atoms with E-state index < -0.39 is 13.4 Å². The molecule has 0 aromatic heterocycles. The van der Waals surface area contributed by atoms with Gasteiger partial charge in [0.15, 0.2) is 11.5 Å². The van der Waals surface area contributed by atoms with E-state index in [4.69, 9.17) is 24.3 Å². The minimum atomic E-state index is -3.46. The molecule has 0 heterocycles. The van der Waals surface area contributed by atoms with Crippen molar-refractivity contribution in [1.29, 1.82) is 0 Å². The average Bonchev–Trinajstić information content (AvgIpc) is 2.67. The van der Waals surface area contributed by atoms with E-state index in [-0.39, 0.29) is 13.2 Å². The third kappa shape index (κ3) is 5.08. The summed E-state index contributed by atoms with van der Waals surface area (Å²) in [5, 5.41) is 0. The lowest BCUT2D eigenvalue weighted by atomic mass is 10.2. The second kappa shape index (κ2) is 9.74. The molecule has 0 bridgehead atoms. The smallest absolute Gasteiger partial charge is 0.351 e. The number of rotatable bonds is 10. The number of hydrogen-bond donors (Lipinski definition) is 1. The van der Waals surface area contributed by atoms with Crippen LogP contribution in [0.5, 0.6) is 11.5 Å². The van der Waals surface area contributed by atoms with Crippen molar-refractivity contribution in [2.45, 2.75) is 26.2 Å². The standard InChI is InChI=1S/C19H26NO5P/c1-4-24-26(21,25-5-2)19(20)16-11-12-17(18(13-16)22-3)23-14-15-9-7-6-8-10-15/h6-13,19H,4-5,14,20H2,1-3H3/t19-/m1/s1. The maximum Gasteiger partial charge on any atom is 0.351 e. The fraction of sp³-hybridized carbons (Fsp3) is 0.368. The van der Waals surface area contributed by atoms with Crippen LogP contribution in [0.4, 0.5) is 0 Å². The van der Waals surface area contributed by atoms with Gasteiger partial charge in [0, 0.05) is 0 Å². The molecule has 0 aliphatic rings. The molecule has 2 rings (SSSR count). The number of benzene rings is 2. The molecule has 2 aromatic carbocycles. The second-order valence-electron chi connectivity index (χ2n) is 5.50. The zero-order valence-electron chi connectivity index (χ0n) is 15.4. The number of ether oxygens (including phenoxy) is 2. The van der Waals surface area contributed by atoms with Crippen LogP contribution >= 0.6 is 7.60 Å². The second-order valence-corrected chi connectivity index (χ2v) is 7.66. The highest BCUT2D eigenvalue weighted by atomic mass is 31.2. The highest BCUT2D eigenvalue weighted by Gasteiger charge is 2.34. The number of methoxy groups -OCH3 is 1. The molecule has 2 aromatic rings. The number of hydrogen-bond acceptors (Lipinski definition) is 6. The molecule has 0 radical (unpaired) electrons. The molecule has 0 spiro atoms. The Morgan fingerprint density at radius 2 is 1.65 bits per heavy atom. The van der Waals surface area contributed by atoms with Crippen LogP contribution in [-0.2, 0) is 20.2 Å². The Labute approximate surface area is 154 Å². The lowest BCUT2D eigenvalue weighted by Crippen LogP contribution is -2.15. The predicted octanol–water partition coefficient (Wildman–Crippen LogP) is 4.50. The third-order valence-electron chi connectivity index (χ3n) is 3.73. The fourth-order valence-corrected chi connectivity index (χ4v) is 4.10. The summed E-state index contributed by atoms with van der Waals surface area (Å²) in [4.78, 5) is 0. The lowest BCUT2D eigenvalue weighted by molar-refractivity contribution is 0.212. The molecule has 0 amide bonds. The first-order valence-electron chi connectivity index (χ1n) is 8.53. The van der Waals surface area contributed by atoms with Gasteiger partial charge in [-0.15, -0.1) is 0 Å². The molecule has 2 N–H and O–H groups in total. The fourth-order valence-electron chi connectivity index (χ4n) is 2.46. The predicted molar refractivity (Wildman–Crippen MR) is 102 cm³/mol. The van der Waals surface area contributed by atoms with Gasteiger partial charge in [0.05, 0.1) is 20.3 Å². The Morgan fingerprint density at radius 3 is 2.23 bits per heavy atom. The van der Waals surface area contributed by atoms with Crippen LogP contribution < -0.4 is 15.2 Å². The molecule has 6 nitrogen and oxygen atoms in total. The van der Waals surface area contributed by atoms with Gasteiger partial charge in [-0.2, -0.15) is 0 Å². The van der Waals surface area contributed by atoms with Crippen LogP contribution in [-0.4, -0.2) is 20.3 Å². The van der Waals surface area contributed by atoms with Gasteiger partial charge in [-0.1, -0.05) is 36.4 Å². The Kier molecular flexibility index (Phi) is 7.66. The van der Waals surface area contributed by atoms with E-state index in [0.29, 0.717) is 23.7 Å². The molecule has 0 fully saturated rings. The molecule has 26 heavy (non-hydrogen) atoms. The van der Waals surface area contributed by atoms with Crippen LogP contribution in [0.25, 0.3) is 0 Å². The van der Waals surface area contributed by atoms with Gasteiger partial charge in [-0.05, 0) is 37.1 Å². The Hall–Kier alpha value is -1.85. The molecular weight excluding hydrogens is 353 g/mol. The summed E-state index contributed by atoms with van der Waals surface area (Å²) in [6.45, 7) is 4.42. The van der Waals surface area contributed by atoms with Crippen molar-refractivity contribution < 1.29 is 23.1 Å². The van der Waals surface area contributed by atoms with E-state index in [1.165, 1.54) is 0 Å². The molecular formula is C19H26NO5P. The topological polar surface area (TPSA) is 80.0 Å². The highest BCUT2D eigenvalue weighted by Crippen LogP contribution is 2.58. The van der Waals surface area contributed by atoms with E-state index in [2.05, 4.69) is 0 Å². The van der Waals surface area contributed by atoms with E-state index in [1.54, 1.807) is 39.2 Å². The van der Waals surface area contributed by atoms with Crippen molar-refractivity contribution in [1.82, 2.24) is 0 Å². The minimum Gasteiger partial charge on any atom is -0.493 e. The van der Waals surface area contributed by atoms with Gasteiger partial charge in [-0.3, -0.25) is 4.57 Å². The van der Waals surface area contributed by atoms with Crippen molar-refractivity contribution in [3.63, 3.8) is 0 Å². The Balaban J connectivity index is 2.20. The van der Waals surface area contributed by atoms with Gasteiger partial charge in [0.1, 0.15) is 12.4 Å². The van der Waals surface area contributed by atoms with Crippen LogP contribution in [0.3, 0.4) is 0 Å². The summed E-state index contributed by atoms with van der Waals surface area (Å²) in [7, 11) is -1.91. The van der Waals surface area contributed by atoms with Gasteiger partial charge in [-0.25, -0.2) is 0 Å². The van der Waals surface area contributed by atoms with Crippen LogP contribution in [0.2, 0.25) is 0 Å². The molecule has 142 valence electrons. The Morgan fingerprint density at radius 1 is 1.00 bits per heavy atom. The summed E-state index contributed by atoms with van der Waals surface area (Å²) >= 11 is 0. The molecule has 7 heteroatoms. The monoisotopic (exact) mass is 379 g/mol. The van der Waals surface area contributed by atoms with E-state index >= 15 is 0 Å². The Bertz CT molecular complexity index is 728. The maximum atomic E-state index is 12.9. The molecule has 0 saturated carbocycles. The molecule has 0 unspecified atom stereocenters. The lowest BCUT2D eigenvalue weighted by Gasteiger charge is -2.24. The van der Waals surface area contributed by atoms with Gasteiger partial charge in [0.25, 0.3) is 0 Å². The summed E-state index contributed by atoms with van der Waals surface area (Å²) in [5.74, 6) is 0.183. The normalized spacial score (nSPS) is 12.6. The van der Waals surface area contributed by atoms with E-state index in [9.17, 15) is 4.57 Å². The van der Waals surface area contributed by atoms with Crippen molar-refractivity contribution in [3.05, 3.63) is 59.7 Å². The first kappa shape index (κ1) is 20.5. The van der Waals surface area contributed by atoms with E-state index in [1.807, 2.05) is 30.3 Å². The van der Waals surface area contributed by atoms with Gasteiger partial charge >= 0.3 is 7.60 Å². The van der Waals surface area contributed by atoms with Gasteiger partial charge in [0.2, 0.25) is 0 Å². The summed E-state index contributed by atoms with van der Waals surface area (Å²) in [6, 6.07) is 15.0. The third-order valence-corrected chi connectivity index (χ3v) is 5.94. The first-order valence-corrected chi connectivity index (χ1v) is 10.1. The molecule has 1 atom stereocenters. The zero-order valence-corrected chi connectivity index (χ0v) is 16.3. The van der Waals surface area contributed by atoms with Crippen molar-refractivity contribution in [3.8, 4) is 11.5 Å². The zero-order chi connectivity index (χ0) is 19.0. The number of nitrogens with two attached hydrogens (primary N) is 1. The quantitative estimate of drug-likeness (QED) is 0.613. The van der Waals surface area contributed by atoms with Crippen molar-refractivity contribution in [2.75, 3.05) is 20.3 Å². The van der Waals surface area contributed by atoms with Crippen LogP contribution in [0.1, 0.15) is 30.8 Å². The largest absolute Gasteiger partial charge is 0.493 e. The van der Waals surface area contributed by atoms with E-state index in [0.717, 1.165) is 5.56 Å². The first-order chi connectivity index (χ1) is 12.5. The SMILES string of the molecule is CCOP(=O)(OCC)[C@@H](N)c1ccc(OCc2ccccc2)c(OC)c1. The minimum absolute atomic E-state index is 0.250. The average molecular weight is 379 g/mol. The molecule has 0 saturated heterocycles. The summed E-state index contributed by atoms with van der Waals surface area (Å²) in [6.07, 6.45) is 0. The summed E-state index contributed by atoms with van der Waals surface area (Å²) < 4.78 is 34.8. The van der Waals surface area contributed by atoms with Crippen LogP contribution in [0.15, 0.2) is 48.5 Å². The molecule has 0 aliphatic carbocycles. The highest BCUT2D eigenvalue weighted by molar-refractivity contribution is 7.54. The van der Waals surface area contributed by atoms with Crippen molar-refractivity contribution >= 4 is 7.60 Å². The van der Waals surface area contributed by atoms with Crippen LogP contribution in [0, 0.1) is 0 Å². The molecule has 0 aliphatic heterocycles. The van der Waals surface area contributed by atoms with Crippen molar-refractivity contribution in [2.24, 2.45) is 5.73 Å². The van der Waals surface area contributed by atoms with Gasteiger partial charge < -0.3 is 24.3 Å². The maximum absolute atomic E-state index is 12.9.